The maximum atomic E-state index is 11.2. The zero-order valence-corrected chi connectivity index (χ0v) is 22.5. The fourth-order valence-electron chi connectivity index (χ4n) is 8.76. The number of ether oxygens (including phenoxy) is 1. The first-order chi connectivity index (χ1) is 17.5. The van der Waals surface area contributed by atoms with Gasteiger partial charge in [0.2, 0.25) is 0 Å². The number of fused-ring (bicyclic) bond motifs is 2. The number of benzene rings is 1. The Morgan fingerprint density at radius 2 is 1.92 bits per heavy atom. The molecule has 7 heteroatoms. The lowest BCUT2D eigenvalue weighted by Crippen LogP contribution is -2.68. The van der Waals surface area contributed by atoms with Gasteiger partial charge in [0.05, 0.1) is 22.2 Å². The first-order valence-electron chi connectivity index (χ1n) is 13.5. The van der Waals surface area contributed by atoms with Crippen molar-refractivity contribution in [2.24, 2.45) is 11.3 Å². The van der Waals surface area contributed by atoms with E-state index < -0.39 is 28.3 Å². The van der Waals surface area contributed by atoms with Gasteiger partial charge in [-0.15, -0.1) is 11.6 Å². The molecule has 5 aliphatic rings. The molecule has 3 heterocycles. The van der Waals surface area contributed by atoms with Crippen LogP contribution in [0.25, 0.3) is 16.3 Å². The van der Waals surface area contributed by atoms with Gasteiger partial charge in [0.25, 0.3) is 0 Å². The smallest absolute Gasteiger partial charge is 0.123 e. The maximum absolute atomic E-state index is 11.2. The van der Waals surface area contributed by atoms with E-state index in [-0.39, 0.29) is 17.4 Å². The normalized spacial score (nSPS) is 44.3. The van der Waals surface area contributed by atoms with Gasteiger partial charge in [-0.1, -0.05) is 31.2 Å². The molecule has 2 aliphatic heterocycles. The summed E-state index contributed by atoms with van der Waals surface area (Å²) in [5, 5.41) is 24.4. The SMILES string of the molecule is CN(C)[C@H]1C[C@@]23CC[C@]4(O2)C2CC=C(c5ccc6cc(N)ncc6c5)[C@@]2(C)CCC4(Cl)C=C3[C@@H](O)[C@@H]1O. The van der Waals surface area contributed by atoms with E-state index in [1.807, 2.05) is 31.3 Å². The summed E-state index contributed by atoms with van der Waals surface area (Å²) in [6.07, 6.45) is 9.55. The van der Waals surface area contributed by atoms with Gasteiger partial charge < -0.3 is 25.6 Å². The standard InChI is InChI=1S/C30H36ClN3O3/c1-27-8-10-29(31)14-21-25(35)26(36)22(34(2)3)15-28(21)9-11-30(29,37-28)23(27)7-6-20(27)18-5-4-17-13-24(32)33-16-19(17)12-18/h4-6,12-14,16,22-23,25-26,35-36H,7-11,15H2,1-3H3,(H2,32,33)/t22-,23?,25+,26+,27+,28+,29?,30-/m0/s1. The minimum Gasteiger partial charge on any atom is -0.388 e. The molecule has 1 aromatic heterocycles. The second-order valence-corrected chi connectivity index (χ2v) is 13.3. The minimum atomic E-state index is -0.960. The Morgan fingerprint density at radius 3 is 2.70 bits per heavy atom. The number of aromatic nitrogens is 1. The number of alkyl halides is 1. The van der Waals surface area contributed by atoms with Crippen LogP contribution in [0.4, 0.5) is 5.82 Å². The third-order valence-corrected chi connectivity index (χ3v) is 11.3. The number of pyridine rings is 1. The molecule has 1 aromatic carbocycles. The number of rotatable bonds is 2. The van der Waals surface area contributed by atoms with Crippen molar-refractivity contribution in [2.45, 2.75) is 79.8 Å². The number of nitrogens with zero attached hydrogens (tertiary/aromatic N) is 2. The molecule has 0 amide bonds. The van der Waals surface area contributed by atoms with E-state index in [2.05, 4.69) is 42.3 Å². The van der Waals surface area contributed by atoms with E-state index in [1.54, 1.807) is 0 Å². The van der Waals surface area contributed by atoms with Crippen molar-refractivity contribution in [1.29, 1.82) is 0 Å². The molecule has 2 saturated carbocycles. The fraction of sp³-hybridized carbons (Fsp3) is 0.567. The number of halogens is 1. The molecule has 7 rings (SSSR count). The highest BCUT2D eigenvalue weighted by Crippen LogP contribution is 2.71. The Morgan fingerprint density at radius 1 is 1.11 bits per heavy atom. The Labute approximate surface area is 223 Å². The molecular weight excluding hydrogens is 486 g/mol. The summed E-state index contributed by atoms with van der Waals surface area (Å²) < 4.78 is 7.27. The Balaban J connectivity index is 1.29. The molecule has 8 atom stereocenters. The van der Waals surface area contributed by atoms with Crippen molar-refractivity contribution in [3.05, 3.63) is 53.8 Å². The summed E-state index contributed by atoms with van der Waals surface area (Å²) in [5.74, 6) is 0.770. The van der Waals surface area contributed by atoms with Gasteiger partial charge in [-0.05, 0) is 92.3 Å². The molecule has 6 nitrogen and oxygen atoms in total. The number of hydrogen-bond acceptors (Lipinski definition) is 6. The summed E-state index contributed by atoms with van der Waals surface area (Å²) in [4.78, 5) is 5.63. The lowest BCUT2D eigenvalue weighted by Gasteiger charge is -2.61. The molecule has 0 radical (unpaired) electrons. The third-order valence-electron chi connectivity index (χ3n) is 10.7. The summed E-state index contributed by atoms with van der Waals surface area (Å²) in [6, 6.07) is 8.33. The Bertz CT molecular complexity index is 1380. The number of nitrogens with two attached hydrogens (primary N) is 1. The van der Waals surface area contributed by atoms with Crippen LogP contribution < -0.4 is 5.73 Å². The second kappa shape index (κ2) is 7.57. The van der Waals surface area contributed by atoms with Crippen LogP contribution in [-0.4, -0.2) is 68.5 Å². The summed E-state index contributed by atoms with van der Waals surface area (Å²) >= 11 is 7.56. The highest BCUT2D eigenvalue weighted by atomic mass is 35.5. The van der Waals surface area contributed by atoms with Crippen LogP contribution in [0.2, 0.25) is 0 Å². The minimum absolute atomic E-state index is 0.0715. The molecule has 2 spiro atoms. The largest absolute Gasteiger partial charge is 0.388 e. The average Bonchev–Trinajstić information content (AvgIpc) is 3.39. The van der Waals surface area contributed by atoms with Crippen LogP contribution in [-0.2, 0) is 4.74 Å². The molecule has 196 valence electrons. The van der Waals surface area contributed by atoms with Crippen LogP contribution in [0, 0.1) is 11.3 Å². The summed E-state index contributed by atoms with van der Waals surface area (Å²) in [5.41, 5.74) is 8.16. The molecule has 1 saturated heterocycles. The number of likely N-dealkylation sites (N-methyl/N-ethyl adjacent to an activating group) is 1. The predicted octanol–water partition coefficient (Wildman–Crippen LogP) is 4.28. The summed E-state index contributed by atoms with van der Waals surface area (Å²) in [6.45, 7) is 2.39. The molecule has 4 N–H and O–H groups in total. The zero-order chi connectivity index (χ0) is 26.0. The van der Waals surface area contributed by atoms with Crippen LogP contribution in [0.3, 0.4) is 0 Å². The number of nitrogen functional groups attached to an aromatic ring is 1. The van der Waals surface area contributed by atoms with Crippen LogP contribution in [0.1, 0.15) is 51.0 Å². The molecule has 2 unspecified atom stereocenters. The van der Waals surface area contributed by atoms with Crippen molar-refractivity contribution in [3.63, 3.8) is 0 Å². The molecular formula is C30H36ClN3O3. The first-order valence-corrected chi connectivity index (χ1v) is 13.9. The monoisotopic (exact) mass is 521 g/mol. The quantitative estimate of drug-likeness (QED) is 0.403. The predicted molar refractivity (Wildman–Crippen MR) is 146 cm³/mol. The van der Waals surface area contributed by atoms with E-state index in [0.717, 1.165) is 48.4 Å². The van der Waals surface area contributed by atoms with Crippen molar-refractivity contribution in [1.82, 2.24) is 9.88 Å². The lowest BCUT2D eigenvalue weighted by molar-refractivity contribution is -0.199. The van der Waals surface area contributed by atoms with Crippen LogP contribution in [0.5, 0.6) is 0 Å². The number of anilines is 1. The van der Waals surface area contributed by atoms with Gasteiger partial charge >= 0.3 is 0 Å². The van der Waals surface area contributed by atoms with Crippen molar-refractivity contribution < 1.29 is 14.9 Å². The van der Waals surface area contributed by atoms with E-state index in [1.165, 1.54) is 11.1 Å². The van der Waals surface area contributed by atoms with Crippen molar-refractivity contribution >= 4 is 33.8 Å². The lowest BCUT2D eigenvalue weighted by atomic mass is 9.54. The highest BCUT2D eigenvalue weighted by Gasteiger charge is 2.73. The fourth-order valence-corrected chi connectivity index (χ4v) is 9.23. The van der Waals surface area contributed by atoms with Crippen molar-refractivity contribution in [2.75, 3.05) is 19.8 Å². The summed E-state index contributed by atoms with van der Waals surface area (Å²) in [7, 11) is 3.92. The number of aliphatic hydroxyl groups excluding tert-OH is 2. The molecule has 37 heavy (non-hydrogen) atoms. The average molecular weight is 522 g/mol. The van der Waals surface area contributed by atoms with E-state index >= 15 is 0 Å². The third kappa shape index (κ3) is 2.99. The van der Waals surface area contributed by atoms with E-state index in [4.69, 9.17) is 22.1 Å². The van der Waals surface area contributed by atoms with Gasteiger partial charge in [-0.2, -0.15) is 0 Å². The van der Waals surface area contributed by atoms with Gasteiger partial charge in [0.15, 0.2) is 0 Å². The Hall–Kier alpha value is -1.96. The van der Waals surface area contributed by atoms with E-state index in [9.17, 15) is 10.2 Å². The highest BCUT2D eigenvalue weighted by molar-refractivity contribution is 6.26. The first kappa shape index (κ1) is 24.1. The van der Waals surface area contributed by atoms with Gasteiger partial charge in [0.1, 0.15) is 11.9 Å². The van der Waals surface area contributed by atoms with Gasteiger partial charge in [0, 0.05) is 23.5 Å². The molecule has 2 aromatic rings. The number of allylic oxidation sites excluding steroid dienone is 2. The van der Waals surface area contributed by atoms with Gasteiger partial charge in [-0.25, -0.2) is 4.98 Å². The van der Waals surface area contributed by atoms with Crippen LogP contribution >= 0.6 is 11.6 Å². The van der Waals surface area contributed by atoms with E-state index in [0.29, 0.717) is 12.2 Å². The molecule has 3 fully saturated rings. The number of aliphatic hydroxyl groups is 2. The maximum Gasteiger partial charge on any atom is 0.123 e. The Kier molecular flexibility index (Phi) is 4.94. The zero-order valence-electron chi connectivity index (χ0n) is 21.7. The van der Waals surface area contributed by atoms with Gasteiger partial charge in [-0.3, -0.25) is 0 Å². The molecule has 3 aliphatic carbocycles. The van der Waals surface area contributed by atoms with Crippen molar-refractivity contribution in [3.8, 4) is 0 Å². The van der Waals surface area contributed by atoms with Crippen LogP contribution in [0.15, 0.2) is 48.2 Å². The second-order valence-electron chi connectivity index (χ2n) is 12.6. The molecule has 2 bridgehead atoms. The topological polar surface area (TPSA) is 91.8 Å². The number of hydrogen-bond donors (Lipinski definition) is 3.